The van der Waals surface area contributed by atoms with E-state index < -0.39 is 0 Å². The first kappa shape index (κ1) is 14.9. The molecule has 4 heteroatoms. The van der Waals surface area contributed by atoms with Crippen LogP contribution in [-0.4, -0.2) is 32.1 Å². The topological polar surface area (TPSA) is 58.4 Å². The fourth-order valence-corrected chi connectivity index (χ4v) is 2.63. The van der Waals surface area contributed by atoms with Gasteiger partial charge in [0.1, 0.15) is 0 Å². The van der Waals surface area contributed by atoms with Gasteiger partial charge in [-0.05, 0) is 51.3 Å². The molecule has 1 aromatic carbocycles. The smallest absolute Gasteiger partial charge is 0.253 e. The summed E-state index contributed by atoms with van der Waals surface area (Å²) in [7, 11) is 0. The monoisotopic (exact) mass is 275 g/mol. The fraction of sp³-hybridized carbons (Fsp3) is 0.562. The van der Waals surface area contributed by atoms with Crippen LogP contribution in [0.3, 0.4) is 0 Å². The van der Waals surface area contributed by atoms with E-state index in [0.29, 0.717) is 13.1 Å². The standard InChI is InChI=1S/C16H25N3O/c1-13-6-7-15(19-10-4-5-11-19)14(12-13)16(20)18-9-3-2-8-17/h6-7,12H,2-5,8-11,17H2,1H3,(H,18,20). The number of carbonyl (C=O) groups is 1. The molecule has 20 heavy (non-hydrogen) atoms. The number of hydrogen-bond donors (Lipinski definition) is 2. The third-order valence-electron chi connectivity index (χ3n) is 3.76. The molecule has 1 heterocycles. The molecule has 1 amide bonds. The van der Waals surface area contributed by atoms with Crippen LogP contribution in [0.5, 0.6) is 0 Å². The molecule has 1 aliphatic rings. The molecule has 0 aromatic heterocycles. The van der Waals surface area contributed by atoms with Crippen molar-refractivity contribution in [2.24, 2.45) is 5.73 Å². The van der Waals surface area contributed by atoms with Gasteiger partial charge in [-0.2, -0.15) is 0 Å². The molecule has 2 rings (SSSR count). The maximum atomic E-state index is 12.4. The van der Waals surface area contributed by atoms with Crippen LogP contribution in [0.15, 0.2) is 18.2 Å². The summed E-state index contributed by atoms with van der Waals surface area (Å²) in [5.41, 5.74) is 8.47. The van der Waals surface area contributed by atoms with Crippen LogP contribution >= 0.6 is 0 Å². The van der Waals surface area contributed by atoms with Crippen LogP contribution in [0, 0.1) is 6.92 Å². The van der Waals surface area contributed by atoms with Gasteiger partial charge in [-0.25, -0.2) is 0 Å². The lowest BCUT2D eigenvalue weighted by Gasteiger charge is -2.21. The van der Waals surface area contributed by atoms with Gasteiger partial charge in [0.2, 0.25) is 0 Å². The average molecular weight is 275 g/mol. The van der Waals surface area contributed by atoms with E-state index in [1.807, 2.05) is 13.0 Å². The first-order valence-electron chi connectivity index (χ1n) is 7.56. The van der Waals surface area contributed by atoms with Crippen LogP contribution in [0.25, 0.3) is 0 Å². The number of benzene rings is 1. The van der Waals surface area contributed by atoms with Gasteiger partial charge in [-0.1, -0.05) is 11.6 Å². The van der Waals surface area contributed by atoms with E-state index >= 15 is 0 Å². The number of unbranched alkanes of at least 4 members (excludes halogenated alkanes) is 1. The number of anilines is 1. The third-order valence-corrected chi connectivity index (χ3v) is 3.76. The molecule has 0 aliphatic carbocycles. The highest BCUT2D eigenvalue weighted by molar-refractivity contribution is 6.00. The van der Waals surface area contributed by atoms with Crippen molar-refractivity contribution in [2.45, 2.75) is 32.6 Å². The minimum atomic E-state index is 0.0348. The zero-order valence-corrected chi connectivity index (χ0v) is 12.3. The highest BCUT2D eigenvalue weighted by Crippen LogP contribution is 2.25. The predicted octanol–water partition coefficient (Wildman–Crippen LogP) is 2.06. The van der Waals surface area contributed by atoms with Crippen molar-refractivity contribution in [3.8, 4) is 0 Å². The van der Waals surface area contributed by atoms with E-state index in [4.69, 9.17) is 5.73 Å². The molecule has 1 aromatic rings. The molecule has 0 atom stereocenters. The Kier molecular flexibility index (Phi) is 5.41. The Balaban J connectivity index is 2.08. The molecule has 0 unspecified atom stereocenters. The summed E-state index contributed by atoms with van der Waals surface area (Å²) in [6.07, 6.45) is 4.32. The normalized spacial score (nSPS) is 14.6. The summed E-state index contributed by atoms with van der Waals surface area (Å²) < 4.78 is 0. The third kappa shape index (κ3) is 3.73. The van der Waals surface area contributed by atoms with Gasteiger partial charge >= 0.3 is 0 Å². The van der Waals surface area contributed by atoms with Gasteiger partial charge in [0.05, 0.1) is 5.56 Å². The van der Waals surface area contributed by atoms with Gasteiger partial charge in [-0.15, -0.1) is 0 Å². The molecule has 1 aliphatic heterocycles. The number of nitrogens with zero attached hydrogens (tertiary/aromatic N) is 1. The summed E-state index contributed by atoms with van der Waals surface area (Å²) in [5.74, 6) is 0.0348. The predicted molar refractivity (Wildman–Crippen MR) is 83.2 cm³/mol. The van der Waals surface area contributed by atoms with E-state index in [2.05, 4.69) is 22.3 Å². The Morgan fingerprint density at radius 2 is 2.05 bits per heavy atom. The first-order chi connectivity index (χ1) is 9.72. The van der Waals surface area contributed by atoms with Crippen molar-refractivity contribution in [1.29, 1.82) is 0 Å². The van der Waals surface area contributed by atoms with Crippen molar-refractivity contribution in [3.05, 3.63) is 29.3 Å². The Bertz CT molecular complexity index is 453. The number of hydrogen-bond acceptors (Lipinski definition) is 3. The lowest BCUT2D eigenvalue weighted by atomic mass is 10.1. The van der Waals surface area contributed by atoms with E-state index in [0.717, 1.165) is 42.7 Å². The summed E-state index contributed by atoms with van der Waals surface area (Å²) in [5, 5.41) is 3.00. The van der Waals surface area contributed by atoms with E-state index in [-0.39, 0.29) is 5.91 Å². The van der Waals surface area contributed by atoms with E-state index in [9.17, 15) is 4.79 Å². The van der Waals surface area contributed by atoms with E-state index in [1.165, 1.54) is 12.8 Å². The maximum Gasteiger partial charge on any atom is 0.253 e. The van der Waals surface area contributed by atoms with Gasteiger partial charge in [0.25, 0.3) is 5.91 Å². The molecule has 0 radical (unpaired) electrons. The maximum absolute atomic E-state index is 12.4. The summed E-state index contributed by atoms with van der Waals surface area (Å²) in [6, 6.07) is 6.15. The van der Waals surface area contributed by atoms with Gasteiger partial charge < -0.3 is 16.0 Å². The zero-order valence-electron chi connectivity index (χ0n) is 12.3. The van der Waals surface area contributed by atoms with Crippen LogP contribution in [0.4, 0.5) is 5.69 Å². The second-order valence-electron chi connectivity index (χ2n) is 5.47. The van der Waals surface area contributed by atoms with Crippen LogP contribution in [0.1, 0.15) is 41.6 Å². The van der Waals surface area contributed by atoms with Crippen molar-refractivity contribution in [2.75, 3.05) is 31.1 Å². The minimum Gasteiger partial charge on any atom is -0.371 e. The Morgan fingerprint density at radius 1 is 1.30 bits per heavy atom. The molecule has 3 N–H and O–H groups in total. The van der Waals surface area contributed by atoms with Gasteiger partial charge in [0.15, 0.2) is 0 Å². The van der Waals surface area contributed by atoms with Crippen LogP contribution < -0.4 is 16.0 Å². The zero-order chi connectivity index (χ0) is 14.4. The lowest BCUT2D eigenvalue weighted by molar-refractivity contribution is 0.0953. The fourth-order valence-electron chi connectivity index (χ4n) is 2.63. The summed E-state index contributed by atoms with van der Waals surface area (Å²) in [6.45, 7) is 5.51. The molecular formula is C16H25N3O. The highest BCUT2D eigenvalue weighted by Gasteiger charge is 2.19. The summed E-state index contributed by atoms with van der Waals surface area (Å²) >= 11 is 0. The van der Waals surface area contributed by atoms with Crippen molar-refractivity contribution < 1.29 is 4.79 Å². The molecule has 0 saturated carbocycles. The second kappa shape index (κ2) is 7.29. The number of rotatable bonds is 6. The number of carbonyl (C=O) groups excluding carboxylic acids is 1. The Labute approximate surface area is 121 Å². The molecule has 1 fully saturated rings. The van der Waals surface area contributed by atoms with Gasteiger partial charge in [0, 0.05) is 25.3 Å². The van der Waals surface area contributed by atoms with Crippen molar-refractivity contribution in [1.82, 2.24) is 5.32 Å². The van der Waals surface area contributed by atoms with Gasteiger partial charge in [-0.3, -0.25) is 4.79 Å². The highest BCUT2D eigenvalue weighted by atomic mass is 16.1. The van der Waals surface area contributed by atoms with Crippen LogP contribution in [-0.2, 0) is 0 Å². The molecule has 0 bridgehead atoms. The quantitative estimate of drug-likeness (QED) is 0.781. The Hall–Kier alpha value is -1.55. The average Bonchev–Trinajstić information content (AvgIpc) is 2.97. The molecule has 110 valence electrons. The molecule has 1 saturated heterocycles. The molecule has 4 nitrogen and oxygen atoms in total. The molecular weight excluding hydrogens is 250 g/mol. The number of aryl methyl sites for hydroxylation is 1. The lowest BCUT2D eigenvalue weighted by Crippen LogP contribution is -2.28. The van der Waals surface area contributed by atoms with Crippen LogP contribution in [0.2, 0.25) is 0 Å². The van der Waals surface area contributed by atoms with Crippen molar-refractivity contribution >= 4 is 11.6 Å². The number of nitrogens with one attached hydrogen (secondary N) is 1. The number of amides is 1. The van der Waals surface area contributed by atoms with E-state index in [1.54, 1.807) is 0 Å². The SMILES string of the molecule is Cc1ccc(N2CCCC2)c(C(=O)NCCCCN)c1. The first-order valence-corrected chi connectivity index (χ1v) is 7.56. The molecule has 0 spiro atoms. The summed E-state index contributed by atoms with van der Waals surface area (Å²) in [4.78, 5) is 14.7. The second-order valence-corrected chi connectivity index (χ2v) is 5.47. The Morgan fingerprint density at radius 3 is 2.75 bits per heavy atom. The minimum absolute atomic E-state index is 0.0348. The van der Waals surface area contributed by atoms with Crippen molar-refractivity contribution in [3.63, 3.8) is 0 Å². The largest absolute Gasteiger partial charge is 0.371 e. The number of nitrogens with two attached hydrogens (primary N) is 1.